The normalized spacial score (nSPS) is 10.1. The summed E-state index contributed by atoms with van der Waals surface area (Å²) in [6, 6.07) is 13.8. The summed E-state index contributed by atoms with van der Waals surface area (Å²) in [5.41, 5.74) is 7.77. The average molecular weight is 256 g/mol. The third-order valence-electron chi connectivity index (χ3n) is 2.78. The van der Waals surface area contributed by atoms with Gasteiger partial charge in [0, 0.05) is 17.8 Å². The summed E-state index contributed by atoms with van der Waals surface area (Å²) >= 11 is 0. The highest BCUT2D eigenvalue weighted by Gasteiger charge is 2.04. The third kappa shape index (κ3) is 3.74. The fraction of sp³-hybridized carbons (Fsp3) is 0.133. The van der Waals surface area contributed by atoms with E-state index in [0.717, 1.165) is 5.56 Å². The van der Waals surface area contributed by atoms with Crippen molar-refractivity contribution in [3.05, 3.63) is 59.7 Å². The van der Waals surface area contributed by atoms with Crippen LogP contribution in [0.2, 0.25) is 0 Å². The number of phenols is 1. The van der Waals surface area contributed by atoms with E-state index >= 15 is 0 Å². The highest BCUT2D eigenvalue weighted by Crippen LogP contribution is 2.11. The van der Waals surface area contributed by atoms with Crippen LogP contribution in [-0.4, -0.2) is 17.6 Å². The number of amides is 1. The van der Waals surface area contributed by atoms with Crippen LogP contribution in [0.15, 0.2) is 48.5 Å². The van der Waals surface area contributed by atoms with Crippen LogP contribution in [0, 0.1) is 0 Å². The molecular weight excluding hydrogens is 240 g/mol. The molecule has 0 aliphatic rings. The number of benzene rings is 2. The Morgan fingerprint density at radius 1 is 1.16 bits per heavy atom. The Bertz CT molecular complexity index is 565. The molecule has 98 valence electrons. The number of nitrogens with one attached hydrogen (secondary N) is 1. The predicted octanol–water partition coefficient (Wildman–Crippen LogP) is 1.95. The van der Waals surface area contributed by atoms with E-state index in [4.69, 9.17) is 5.73 Å². The predicted molar refractivity (Wildman–Crippen MR) is 75.0 cm³/mol. The topological polar surface area (TPSA) is 75.4 Å². The summed E-state index contributed by atoms with van der Waals surface area (Å²) in [6.45, 7) is 0.520. The van der Waals surface area contributed by atoms with Crippen LogP contribution >= 0.6 is 0 Å². The summed E-state index contributed by atoms with van der Waals surface area (Å²) in [5.74, 6) is 0.113. The number of carbonyl (C=O) groups is 1. The zero-order valence-corrected chi connectivity index (χ0v) is 10.5. The van der Waals surface area contributed by atoms with Crippen molar-refractivity contribution in [1.82, 2.24) is 5.32 Å². The first-order valence-electron chi connectivity index (χ1n) is 6.07. The van der Waals surface area contributed by atoms with Crippen molar-refractivity contribution in [2.45, 2.75) is 6.42 Å². The van der Waals surface area contributed by atoms with Crippen molar-refractivity contribution in [3.63, 3.8) is 0 Å². The quantitative estimate of drug-likeness (QED) is 0.732. The number of rotatable bonds is 4. The second-order valence-corrected chi connectivity index (χ2v) is 4.30. The van der Waals surface area contributed by atoms with E-state index in [-0.39, 0.29) is 11.7 Å². The van der Waals surface area contributed by atoms with E-state index in [9.17, 15) is 9.90 Å². The molecule has 2 aromatic carbocycles. The van der Waals surface area contributed by atoms with Gasteiger partial charge in [0.1, 0.15) is 5.75 Å². The lowest BCUT2D eigenvalue weighted by atomic mass is 10.1. The number of anilines is 1. The van der Waals surface area contributed by atoms with Crippen molar-refractivity contribution in [3.8, 4) is 5.75 Å². The number of nitrogen functional groups attached to an aromatic ring is 1. The van der Waals surface area contributed by atoms with Gasteiger partial charge in [0.25, 0.3) is 5.91 Å². The second-order valence-electron chi connectivity index (χ2n) is 4.30. The van der Waals surface area contributed by atoms with Crippen LogP contribution in [0.4, 0.5) is 5.69 Å². The molecule has 0 atom stereocenters. The lowest BCUT2D eigenvalue weighted by Gasteiger charge is -2.06. The number of hydrogen-bond acceptors (Lipinski definition) is 3. The maximum Gasteiger partial charge on any atom is 0.251 e. The van der Waals surface area contributed by atoms with Crippen molar-refractivity contribution < 1.29 is 9.90 Å². The van der Waals surface area contributed by atoms with Gasteiger partial charge < -0.3 is 16.2 Å². The minimum absolute atomic E-state index is 0.125. The Balaban J connectivity index is 1.86. The van der Waals surface area contributed by atoms with E-state index in [2.05, 4.69) is 5.32 Å². The molecule has 19 heavy (non-hydrogen) atoms. The van der Waals surface area contributed by atoms with E-state index in [1.54, 1.807) is 42.5 Å². The minimum Gasteiger partial charge on any atom is -0.508 e. The number of carbonyl (C=O) groups excluding carboxylic acids is 1. The highest BCUT2D eigenvalue weighted by atomic mass is 16.3. The first-order valence-corrected chi connectivity index (χ1v) is 6.07. The number of nitrogens with two attached hydrogens (primary N) is 1. The van der Waals surface area contributed by atoms with E-state index in [1.165, 1.54) is 0 Å². The van der Waals surface area contributed by atoms with Crippen LogP contribution < -0.4 is 11.1 Å². The van der Waals surface area contributed by atoms with Gasteiger partial charge >= 0.3 is 0 Å². The largest absolute Gasteiger partial charge is 0.508 e. The molecule has 1 amide bonds. The Labute approximate surface area is 111 Å². The Hall–Kier alpha value is -2.49. The molecule has 0 fully saturated rings. The fourth-order valence-electron chi connectivity index (χ4n) is 1.77. The van der Waals surface area contributed by atoms with Gasteiger partial charge in [0.15, 0.2) is 0 Å². The summed E-state index contributed by atoms with van der Waals surface area (Å²) in [5, 5.41) is 12.2. The zero-order valence-electron chi connectivity index (χ0n) is 10.5. The Kier molecular flexibility index (Phi) is 4.03. The van der Waals surface area contributed by atoms with Gasteiger partial charge in [-0.2, -0.15) is 0 Å². The van der Waals surface area contributed by atoms with E-state index in [0.29, 0.717) is 24.2 Å². The molecular formula is C15H16N2O2. The maximum atomic E-state index is 11.8. The third-order valence-corrected chi connectivity index (χ3v) is 2.78. The van der Waals surface area contributed by atoms with Crippen LogP contribution in [0.5, 0.6) is 5.75 Å². The lowest BCUT2D eigenvalue weighted by molar-refractivity contribution is 0.0954. The Morgan fingerprint density at radius 2 is 1.89 bits per heavy atom. The molecule has 0 bridgehead atoms. The summed E-state index contributed by atoms with van der Waals surface area (Å²) in [4.78, 5) is 11.8. The van der Waals surface area contributed by atoms with Crippen molar-refractivity contribution in [2.24, 2.45) is 0 Å². The van der Waals surface area contributed by atoms with Crippen LogP contribution in [0.25, 0.3) is 0 Å². The fourth-order valence-corrected chi connectivity index (χ4v) is 1.77. The lowest BCUT2D eigenvalue weighted by Crippen LogP contribution is -2.25. The van der Waals surface area contributed by atoms with Gasteiger partial charge in [0.05, 0.1) is 0 Å². The molecule has 0 saturated carbocycles. The first-order chi connectivity index (χ1) is 9.15. The molecule has 0 saturated heterocycles. The molecule has 4 N–H and O–H groups in total. The SMILES string of the molecule is Nc1ccc(C(=O)NCCc2cccc(O)c2)cc1. The van der Waals surface area contributed by atoms with Crippen LogP contribution in [0.1, 0.15) is 15.9 Å². The minimum atomic E-state index is -0.125. The zero-order chi connectivity index (χ0) is 13.7. The summed E-state index contributed by atoms with van der Waals surface area (Å²) < 4.78 is 0. The monoisotopic (exact) mass is 256 g/mol. The van der Waals surface area contributed by atoms with Crippen molar-refractivity contribution >= 4 is 11.6 Å². The summed E-state index contributed by atoms with van der Waals surface area (Å²) in [6.07, 6.45) is 0.676. The summed E-state index contributed by atoms with van der Waals surface area (Å²) in [7, 11) is 0. The van der Waals surface area contributed by atoms with Crippen LogP contribution in [0.3, 0.4) is 0 Å². The molecule has 0 heterocycles. The molecule has 0 aliphatic heterocycles. The average Bonchev–Trinajstić information content (AvgIpc) is 2.39. The van der Waals surface area contributed by atoms with Crippen LogP contribution in [-0.2, 0) is 6.42 Å². The molecule has 2 aromatic rings. The van der Waals surface area contributed by atoms with Crippen molar-refractivity contribution in [2.75, 3.05) is 12.3 Å². The smallest absolute Gasteiger partial charge is 0.251 e. The van der Waals surface area contributed by atoms with E-state index < -0.39 is 0 Å². The molecule has 0 aromatic heterocycles. The van der Waals surface area contributed by atoms with Gasteiger partial charge in [-0.25, -0.2) is 0 Å². The molecule has 0 unspecified atom stereocenters. The van der Waals surface area contributed by atoms with Gasteiger partial charge in [-0.15, -0.1) is 0 Å². The standard InChI is InChI=1S/C15H16N2O2/c16-13-6-4-12(5-7-13)15(19)17-9-8-11-2-1-3-14(18)10-11/h1-7,10,18H,8-9,16H2,(H,17,19). The molecule has 2 rings (SSSR count). The second kappa shape index (κ2) is 5.91. The number of aromatic hydroxyl groups is 1. The Morgan fingerprint density at radius 3 is 2.58 bits per heavy atom. The van der Waals surface area contributed by atoms with Gasteiger partial charge in [-0.3, -0.25) is 4.79 Å². The molecule has 0 spiro atoms. The maximum absolute atomic E-state index is 11.8. The van der Waals surface area contributed by atoms with Gasteiger partial charge in [-0.1, -0.05) is 12.1 Å². The molecule has 4 heteroatoms. The molecule has 0 radical (unpaired) electrons. The van der Waals surface area contributed by atoms with E-state index in [1.807, 2.05) is 6.07 Å². The first kappa shape index (κ1) is 13.0. The van der Waals surface area contributed by atoms with Gasteiger partial charge in [-0.05, 0) is 48.4 Å². The molecule has 4 nitrogen and oxygen atoms in total. The van der Waals surface area contributed by atoms with Crippen molar-refractivity contribution in [1.29, 1.82) is 0 Å². The highest BCUT2D eigenvalue weighted by molar-refractivity contribution is 5.94. The number of phenolic OH excluding ortho intramolecular Hbond substituents is 1. The molecule has 0 aliphatic carbocycles. The number of hydrogen-bond donors (Lipinski definition) is 3. The van der Waals surface area contributed by atoms with Gasteiger partial charge in [0.2, 0.25) is 0 Å².